The first-order valence-corrected chi connectivity index (χ1v) is 44.5. The van der Waals surface area contributed by atoms with Gasteiger partial charge >= 0.3 is 12.5 Å². The Morgan fingerprint density at radius 2 is 0.539 bits per heavy atom. The van der Waals surface area contributed by atoms with Crippen molar-refractivity contribution in [3.8, 4) is 140 Å². The van der Waals surface area contributed by atoms with E-state index in [-0.39, 0.29) is 80.4 Å². The molecule has 12 aromatic carbocycles. The van der Waals surface area contributed by atoms with Crippen molar-refractivity contribution >= 4 is 0 Å². The molecule has 0 aliphatic carbocycles. The van der Waals surface area contributed by atoms with Crippen molar-refractivity contribution in [3.63, 3.8) is 0 Å². The van der Waals surface area contributed by atoms with Crippen LogP contribution in [0.3, 0.4) is 0 Å². The Morgan fingerprint density at radius 3 is 0.844 bits per heavy atom. The zero-order valence-electron chi connectivity index (χ0n) is 77.1. The number of hydrogen-bond donors (Lipinski definition) is 0. The number of hydrogen-bond acceptors (Lipinski definition) is 8. The molecule has 0 fully saturated rings. The molecular formula is C124H93F2Ir4N11-6. The molecule has 0 spiro atoms. The fraction of sp³-hybridized carbons (Fsp3) is 0.0323. The van der Waals surface area contributed by atoms with Crippen molar-refractivity contribution in [1.82, 2.24) is 44.6 Å². The molecule has 700 valence electrons. The Kier molecular flexibility index (Phi) is 43.0. The fourth-order valence-electron chi connectivity index (χ4n) is 14.2. The maximum Gasteiger partial charge on any atom is 0.383 e. The van der Waals surface area contributed by atoms with Crippen LogP contribution in [0.1, 0.15) is 16.7 Å². The number of aryl methyl sites for hydroxylation is 3. The quantitative estimate of drug-likeness (QED) is 0.0877. The maximum absolute atomic E-state index is 13.4. The van der Waals surface area contributed by atoms with Gasteiger partial charge in [0.25, 0.3) is 0 Å². The van der Waals surface area contributed by atoms with Crippen LogP contribution in [-0.4, -0.2) is 44.6 Å². The van der Waals surface area contributed by atoms with Crippen molar-refractivity contribution < 1.29 is 98.5 Å². The molecule has 1 aliphatic heterocycles. The maximum atomic E-state index is 13.4. The third-order valence-electron chi connectivity index (χ3n) is 21.1. The molecule has 0 amide bonds. The van der Waals surface area contributed by atoms with Crippen LogP contribution in [0.25, 0.3) is 140 Å². The van der Waals surface area contributed by atoms with E-state index < -0.39 is 11.6 Å². The molecule has 0 bridgehead atoms. The summed E-state index contributed by atoms with van der Waals surface area (Å²) in [5.41, 5.74) is 29.2. The van der Waals surface area contributed by atoms with Crippen molar-refractivity contribution in [2.75, 3.05) is 0 Å². The van der Waals surface area contributed by atoms with Gasteiger partial charge in [0.2, 0.25) is 12.0 Å². The Hall–Kier alpha value is -15.3. The fourth-order valence-corrected chi connectivity index (χ4v) is 14.2. The summed E-state index contributed by atoms with van der Waals surface area (Å²) >= 11 is 0. The Morgan fingerprint density at radius 1 is 0.241 bits per heavy atom. The number of nitrogens with zero attached hydrogens (tertiary/aromatic N) is 11. The van der Waals surface area contributed by atoms with E-state index in [9.17, 15) is 8.78 Å². The summed E-state index contributed by atoms with van der Waals surface area (Å²) in [7, 11) is 0. The van der Waals surface area contributed by atoms with Gasteiger partial charge in [0.1, 0.15) is 6.20 Å². The number of benzene rings is 12. The van der Waals surface area contributed by atoms with Crippen molar-refractivity contribution in [1.29, 1.82) is 0 Å². The third kappa shape index (κ3) is 32.4. The molecule has 11 heterocycles. The SMILES string of the molecule is Cc1c[c-]c(-c2cc(-c3ccccc3)ccn2)cc1.Cc1c[c-]c(-c2cc(C)ccn2)cc1.Fc1cc(F)c2[n+](c1)C[n+]1cccn1-2.[Ir].[Ir].[Ir].[Ir].[c-]1cc(-c2ccccc2)ccc1-c1cc(-c2ccccc2)ccn1.[c-]1cc(-c2ccccc2)ccc1-c1ccccn1.[c-]1ccccc1-c1ccccn1.[c-]1ccccc1-c1ccccn1.[c-]1ccccc1-c1ccccn1.[c-]1ccccc1-c1ccccn1. The summed E-state index contributed by atoms with van der Waals surface area (Å²) in [6.45, 7) is 6.63. The van der Waals surface area contributed by atoms with Gasteiger partial charge in [-0.1, -0.05) is 242 Å². The molecule has 10 aromatic heterocycles. The number of fused-ring (bicyclic) bond motifs is 3. The second-order valence-corrected chi connectivity index (χ2v) is 31.0. The molecule has 1 aliphatic rings. The topological polar surface area (TPSA) is 116 Å². The second kappa shape index (κ2) is 57.1. The summed E-state index contributed by atoms with van der Waals surface area (Å²) < 4.78 is 31.3. The minimum absolute atomic E-state index is 0. The molecule has 0 saturated carbocycles. The first-order valence-electron chi connectivity index (χ1n) is 44.5. The summed E-state index contributed by atoms with van der Waals surface area (Å²) in [6.07, 6.45) is 19.3. The van der Waals surface area contributed by atoms with Crippen LogP contribution in [0, 0.1) is 80.9 Å². The number of pyridine rings is 9. The zero-order chi connectivity index (χ0) is 94.1. The van der Waals surface area contributed by atoms with E-state index in [1.165, 1.54) is 72.0 Å². The minimum Gasteiger partial charge on any atom is -0.305 e. The Labute approximate surface area is 878 Å². The summed E-state index contributed by atoms with van der Waals surface area (Å²) in [4.78, 5) is 34.4. The van der Waals surface area contributed by atoms with E-state index in [0.717, 1.165) is 96.1 Å². The van der Waals surface area contributed by atoms with Gasteiger partial charge < -0.3 is 39.9 Å². The molecule has 22 aromatic rings. The molecule has 11 nitrogen and oxygen atoms in total. The van der Waals surface area contributed by atoms with Gasteiger partial charge in [-0.2, -0.15) is 8.96 Å². The standard InChI is InChI=1S/C23H16N.C18H14N.C17H12N.C13H12N.4C11H8N.C9H7F2N3.4Ir/c1-3-7-18(8-4-1)20-11-13-21(14-12-20)23-17-22(15-16-24-23)19-9-5-2-6-10-19;1-14-7-9-16(10-8-14)18-13-17(11-12-19-18)15-5-3-2-4-6-15;1-2-6-14(7-3-1)15-9-11-16(12-10-15)17-8-4-5-13-18-17;1-10-3-5-12(6-4-10)13-9-11(2)7-8-14-13;4*1-2-6-10(7-3-1)11-8-4-5-9-12-11;10-7-4-8(11)9-12(5-7)6-13-2-1-3-14(9)13;;;;/h1-13,15-17H;2-9,11-13H,1H3;1-11,13H;3-5,7-9H,1-2H3;4*1-6,8-9H;1-5H,6H2;;;;/q8*-1;+2;;;;. The molecular weight excluding hydrogens is 2450 g/mol. The Bertz CT molecular complexity index is 6810. The normalized spacial score (nSPS) is 10.0. The van der Waals surface area contributed by atoms with Crippen LogP contribution in [0.4, 0.5) is 8.78 Å². The van der Waals surface area contributed by atoms with E-state index in [1.54, 1.807) is 46.5 Å². The van der Waals surface area contributed by atoms with E-state index in [0.29, 0.717) is 12.5 Å². The van der Waals surface area contributed by atoms with Crippen molar-refractivity contribution in [3.05, 3.63) is 576 Å². The predicted octanol–water partition coefficient (Wildman–Crippen LogP) is 28.1. The first kappa shape index (κ1) is 106. The third-order valence-corrected chi connectivity index (χ3v) is 21.1. The first-order chi connectivity index (χ1) is 67.5. The van der Waals surface area contributed by atoms with Crippen molar-refractivity contribution in [2.45, 2.75) is 27.4 Å². The van der Waals surface area contributed by atoms with Crippen LogP contribution in [0.5, 0.6) is 0 Å². The summed E-state index contributed by atoms with van der Waals surface area (Å²) in [5, 5.41) is 0. The van der Waals surface area contributed by atoms with Crippen LogP contribution in [0.15, 0.2) is 499 Å². The van der Waals surface area contributed by atoms with Gasteiger partial charge in [0.15, 0.2) is 12.0 Å². The molecule has 0 atom stereocenters. The smallest absolute Gasteiger partial charge is 0.305 e. The van der Waals surface area contributed by atoms with Gasteiger partial charge in [-0.3, -0.25) is 0 Å². The van der Waals surface area contributed by atoms with Gasteiger partial charge in [0, 0.05) is 145 Å². The average molecular weight is 2540 g/mol. The molecule has 23 rings (SSSR count). The van der Waals surface area contributed by atoms with Crippen molar-refractivity contribution in [2.24, 2.45) is 0 Å². The van der Waals surface area contributed by atoms with Crippen LogP contribution < -0.4 is 9.25 Å². The van der Waals surface area contributed by atoms with Gasteiger partial charge in [-0.15, -0.1) is 274 Å². The number of aromatic nitrogens is 11. The van der Waals surface area contributed by atoms with Crippen LogP contribution in [0.2, 0.25) is 0 Å². The van der Waals surface area contributed by atoms with Gasteiger partial charge in [-0.25, -0.2) is 4.39 Å². The summed E-state index contributed by atoms with van der Waals surface area (Å²) in [6, 6.07) is 167. The monoisotopic (exact) mass is 2550 g/mol. The van der Waals surface area contributed by atoms with Gasteiger partial charge in [-0.05, 0) is 123 Å². The van der Waals surface area contributed by atoms with E-state index in [2.05, 4.69) is 237 Å². The van der Waals surface area contributed by atoms with E-state index in [4.69, 9.17) is 0 Å². The van der Waals surface area contributed by atoms with E-state index in [1.807, 2.05) is 322 Å². The second-order valence-electron chi connectivity index (χ2n) is 31.0. The molecule has 17 heteroatoms. The number of halogens is 2. The largest absolute Gasteiger partial charge is 0.383 e. The van der Waals surface area contributed by atoms with Crippen LogP contribution in [-0.2, 0) is 87.1 Å². The zero-order valence-corrected chi connectivity index (χ0v) is 86.6. The molecule has 0 unspecified atom stereocenters. The Balaban J connectivity index is 0.000000153. The average Bonchev–Trinajstić information content (AvgIpc) is 1.62. The number of rotatable bonds is 12. The molecule has 0 saturated heterocycles. The predicted molar refractivity (Wildman–Crippen MR) is 546 cm³/mol. The molecule has 141 heavy (non-hydrogen) atoms. The summed E-state index contributed by atoms with van der Waals surface area (Å²) in [5.74, 6) is -0.735. The minimum atomic E-state index is -0.558. The molecule has 4 radical (unpaired) electrons. The molecule has 0 N–H and O–H groups in total. The van der Waals surface area contributed by atoms with Crippen LogP contribution >= 0.6 is 0 Å². The van der Waals surface area contributed by atoms with Gasteiger partial charge in [0.05, 0.1) is 6.07 Å². The van der Waals surface area contributed by atoms with E-state index >= 15 is 0 Å².